The topological polar surface area (TPSA) is 21.7 Å². The first kappa shape index (κ1) is 14.5. The molecule has 0 spiro atoms. The third-order valence-electron chi connectivity index (χ3n) is 2.52. The first-order valence-corrected chi connectivity index (χ1v) is 6.08. The number of halogens is 1. The van der Waals surface area contributed by atoms with Crippen LogP contribution in [0.4, 0.5) is 0 Å². The molecule has 0 amide bonds. The van der Waals surface area contributed by atoms with Gasteiger partial charge in [-0.3, -0.25) is 4.90 Å². The van der Waals surface area contributed by atoms with Crippen molar-refractivity contribution in [2.24, 2.45) is 0 Å². The van der Waals surface area contributed by atoms with E-state index in [2.05, 4.69) is 11.0 Å². The van der Waals surface area contributed by atoms with E-state index in [9.17, 15) is 0 Å². The summed E-state index contributed by atoms with van der Waals surface area (Å²) in [5.74, 6) is 0. The zero-order valence-electron chi connectivity index (χ0n) is 10.5. The SMILES string of the molecule is COCCN(CCOC)Cc1cccc(Cl)c1. The lowest BCUT2D eigenvalue weighted by Crippen LogP contribution is -2.30. The first-order chi connectivity index (χ1) is 8.26. The van der Waals surface area contributed by atoms with Crippen molar-refractivity contribution in [2.45, 2.75) is 6.54 Å². The van der Waals surface area contributed by atoms with Crippen molar-refractivity contribution < 1.29 is 9.47 Å². The van der Waals surface area contributed by atoms with Gasteiger partial charge >= 0.3 is 0 Å². The second-order valence-electron chi connectivity index (χ2n) is 3.89. The van der Waals surface area contributed by atoms with E-state index in [1.165, 1.54) is 5.56 Å². The molecular formula is C13H20ClNO2. The molecule has 0 saturated heterocycles. The van der Waals surface area contributed by atoms with Crippen LogP contribution in [-0.2, 0) is 16.0 Å². The Balaban J connectivity index is 2.51. The number of ether oxygens (including phenoxy) is 2. The van der Waals surface area contributed by atoms with E-state index in [1.54, 1.807) is 14.2 Å². The normalized spacial score (nSPS) is 11.1. The van der Waals surface area contributed by atoms with E-state index in [0.717, 1.165) is 37.9 Å². The Bertz CT molecular complexity index is 312. The molecule has 0 aromatic heterocycles. The van der Waals surface area contributed by atoms with E-state index in [4.69, 9.17) is 21.1 Å². The Hall–Kier alpha value is -0.610. The van der Waals surface area contributed by atoms with Gasteiger partial charge in [0.2, 0.25) is 0 Å². The fourth-order valence-electron chi connectivity index (χ4n) is 1.60. The molecule has 0 aliphatic carbocycles. The van der Waals surface area contributed by atoms with Gasteiger partial charge in [-0.25, -0.2) is 0 Å². The van der Waals surface area contributed by atoms with Gasteiger partial charge in [0.15, 0.2) is 0 Å². The van der Waals surface area contributed by atoms with Crippen LogP contribution >= 0.6 is 11.6 Å². The van der Waals surface area contributed by atoms with Gasteiger partial charge in [-0.1, -0.05) is 23.7 Å². The molecular weight excluding hydrogens is 238 g/mol. The van der Waals surface area contributed by atoms with Crippen LogP contribution in [0.5, 0.6) is 0 Å². The number of rotatable bonds is 8. The monoisotopic (exact) mass is 257 g/mol. The minimum atomic E-state index is 0.726. The summed E-state index contributed by atoms with van der Waals surface area (Å²) < 4.78 is 10.2. The molecule has 0 saturated carbocycles. The quantitative estimate of drug-likeness (QED) is 0.714. The number of hydrogen-bond acceptors (Lipinski definition) is 3. The van der Waals surface area contributed by atoms with Crippen molar-refractivity contribution in [3.63, 3.8) is 0 Å². The summed E-state index contributed by atoms with van der Waals surface area (Å²) in [6, 6.07) is 7.94. The second-order valence-corrected chi connectivity index (χ2v) is 4.33. The van der Waals surface area contributed by atoms with E-state index in [-0.39, 0.29) is 0 Å². The van der Waals surface area contributed by atoms with E-state index >= 15 is 0 Å². The zero-order chi connectivity index (χ0) is 12.5. The highest BCUT2D eigenvalue weighted by molar-refractivity contribution is 6.30. The van der Waals surface area contributed by atoms with Crippen LogP contribution in [0.1, 0.15) is 5.56 Å². The van der Waals surface area contributed by atoms with Crippen LogP contribution in [0.15, 0.2) is 24.3 Å². The lowest BCUT2D eigenvalue weighted by atomic mass is 10.2. The molecule has 1 rings (SSSR count). The van der Waals surface area contributed by atoms with Crippen LogP contribution < -0.4 is 0 Å². The molecule has 0 aliphatic rings. The van der Waals surface area contributed by atoms with Gasteiger partial charge in [0.25, 0.3) is 0 Å². The second kappa shape index (κ2) is 8.48. The van der Waals surface area contributed by atoms with Crippen LogP contribution in [-0.4, -0.2) is 45.4 Å². The third kappa shape index (κ3) is 6.03. The van der Waals surface area contributed by atoms with Crippen molar-refractivity contribution in [1.29, 1.82) is 0 Å². The summed E-state index contributed by atoms with van der Waals surface area (Å²) in [7, 11) is 3.43. The summed E-state index contributed by atoms with van der Waals surface area (Å²) in [6.45, 7) is 4.11. The lowest BCUT2D eigenvalue weighted by molar-refractivity contribution is 0.110. The average molecular weight is 258 g/mol. The van der Waals surface area contributed by atoms with Gasteiger partial charge in [0.05, 0.1) is 13.2 Å². The molecule has 17 heavy (non-hydrogen) atoms. The van der Waals surface area contributed by atoms with Gasteiger partial charge in [0, 0.05) is 38.9 Å². The summed E-state index contributed by atoms with van der Waals surface area (Å²) in [5, 5.41) is 0.779. The van der Waals surface area contributed by atoms with Crippen LogP contribution in [0.2, 0.25) is 5.02 Å². The third-order valence-corrected chi connectivity index (χ3v) is 2.75. The Morgan fingerprint density at radius 1 is 1.12 bits per heavy atom. The highest BCUT2D eigenvalue weighted by Crippen LogP contribution is 2.12. The predicted molar refractivity (Wildman–Crippen MR) is 70.5 cm³/mol. The zero-order valence-corrected chi connectivity index (χ0v) is 11.2. The summed E-state index contributed by atoms with van der Waals surface area (Å²) >= 11 is 5.97. The molecule has 4 heteroatoms. The number of methoxy groups -OCH3 is 2. The van der Waals surface area contributed by atoms with Crippen molar-refractivity contribution in [3.05, 3.63) is 34.9 Å². The maximum atomic E-state index is 5.97. The van der Waals surface area contributed by atoms with E-state index in [0.29, 0.717) is 0 Å². The van der Waals surface area contributed by atoms with Crippen LogP contribution in [0.3, 0.4) is 0 Å². The van der Waals surface area contributed by atoms with Gasteiger partial charge < -0.3 is 9.47 Å². The Labute approximate surface area is 108 Å². The molecule has 1 aromatic carbocycles. The summed E-state index contributed by atoms with van der Waals surface area (Å²) in [4.78, 5) is 2.29. The Morgan fingerprint density at radius 2 is 1.76 bits per heavy atom. The minimum absolute atomic E-state index is 0.726. The molecule has 0 atom stereocenters. The van der Waals surface area contributed by atoms with Gasteiger partial charge in [-0.2, -0.15) is 0 Å². The molecule has 0 aliphatic heterocycles. The number of hydrogen-bond donors (Lipinski definition) is 0. The lowest BCUT2D eigenvalue weighted by Gasteiger charge is -2.21. The molecule has 0 unspecified atom stereocenters. The Morgan fingerprint density at radius 3 is 2.29 bits per heavy atom. The van der Waals surface area contributed by atoms with E-state index in [1.807, 2.05) is 18.2 Å². The van der Waals surface area contributed by atoms with Crippen LogP contribution in [0, 0.1) is 0 Å². The van der Waals surface area contributed by atoms with Gasteiger partial charge in [0.1, 0.15) is 0 Å². The van der Waals surface area contributed by atoms with Crippen molar-refractivity contribution in [1.82, 2.24) is 4.90 Å². The van der Waals surface area contributed by atoms with Gasteiger partial charge in [-0.15, -0.1) is 0 Å². The molecule has 0 bridgehead atoms. The van der Waals surface area contributed by atoms with Crippen LogP contribution in [0.25, 0.3) is 0 Å². The molecule has 1 aromatic rings. The molecule has 0 N–H and O–H groups in total. The maximum absolute atomic E-state index is 5.97. The van der Waals surface area contributed by atoms with Crippen molar-refractivity contribution in [3.8, 4) is 0 Å². The largest absolute Gasteiger partial charge is 0.383 e. The summed E-state index contributed by atoms with van der Waals surface area (Å²) in [6.07, 6.45) is 0. The molecule has 0 fully saturated rings. The number of nitrogens with zero attached hydrogens (tertiary/aromatic N) is 1. The fourth-order valence-corrected chi connectivity index (χ4v) is 1.82. The number of benzene rings is 1. The van der Waals surface area contributed by atoms with Crippen molar-refractivity contribution >= 4 is 11.6 Å². The van der Waals surface area contributed by atoms with Crippen molar-refractivity contribution in [2.75, 3.05) is 40.5 Å². The minimum Gasteiger partial charge on any atom is -0.383 e. The molecule has 96 valence electrons. The first-order valence-electron chi connectivity index (χ1n) is 5.71. The molecule has 0 radical (unpaired) electrons. The highest BCUT2D eigenvalue weighted by Gasteiger charge is 2.05. The van der Waals surface area contributed by atoms with Gasteiger partial charge in [-0.05, 0) is 17.7 Å². The average Bonchev–Trinajstić information content (AvgIpc) is 2.32. The fraction of sp³-hybridized carbons (Fsp3) is 0.538. The smallest absolute Gasteiger partial charge is 0.0589 e. The van der Waals surface area contributed by atoms with E-state index < -0.39 is 0 Å². The maximum Gasteiger partial charge on any atom is 0.0589 e. The molecule has 0 heterocycles. The summed E-state index contributed by atoms with van der Waals surface area (Å²) in [5.41, 5.74) is 1.21. The molecule has 3 nitrogen and oxygen atoms in total. The Kier molecular flexibility index (Phi) is 7.21. The standard InChI is InChI=1S/C13H20ClNO2/c1-16-8-6-15(7-9-17-2)11-12-4-3-5-13(14)10-12/h3-5,10H,6-9,11H2,1-2H3. The predicted octanol–water partition coefficient (Wildman–Crippen LogP) is 2.43. The highest BCUT2D eigenvalue weighted by atomic mass is 35.5.